The van der Waals surface area contributed by atoms with Crippen molar-refractivity contribution >= 4 is 17.4 Å². The zero-order valence-electron chi connectivity index (χ0n) is 8.57. The van der Waals surface area contributed by atoms with Crippen LogP contribution >= 0.6 is 11.6 Å². The third-order valence-corrected chi connectivity index (χ3v) is 2.13. The molecular formula is C9H14ClN3O2. The predicted octanol–water partition coefficient (Wildman–Crippen LogP) is 0.714. The van der Waals surface area contributed by atoms with Crippen LogP contribution < -0.4 is 5.73 Å². The van der Waals surface area contributed by atoms with Crippen molar-refractivity contribution in [2.24, 2.45) is 5.73 Å². The number of carbonyl (C=O) groups excluding carboxylic acids is 1. The van der Waals surface area contributed by atoms with E-state index in [0.29, 0.717) is 30.4 Å². The number of carbonyl (C=O) groups is 1. The number of Topliss-reactive ketones (excluding diaryl/α,β-unsaturated/α-hetero) is 1. The molecule has 0 saturated heterocycles. The number of aromatic nitrogens is 2. The number of hydrogen-bond acceptors (Lipinski definition) is 4. The number of ketones is 1. The van der Waals surface area contributed by atoms with Crippen LogP contribution in [0.25, 0.3) is 0 Å². The standard InChI is InChI=1S/C9H14ClN3O2/c1-2-13-9(7(10)5-12-13)8(14)6-15-4-3-11/h5H,2-4,6,11H2,1H3. The lowest BCUT2D eigenvalue weighted by atomic mass is 10.3. The van der Waals surface area contributed by atoms with Gasteiger partial charge < -0.3 is 10.5 Å². The maximum absolute atomic E-state index is 11.7. The highest BCUT2D eigenvalue weighted by atomic mass is 35.5. The zero-order chi connectivity index (χ0) is 11.3. The maximum Gasteiger partial charge on any atom is 0.207 e. The van der Waals surface area contributed by atoms with Crippen molar-refractivity contribution in [1.82, 2.24) is 9.78 Å². The predicted molar refractivity (Wildman–Crippen MR) is 57.1 cm³/mol. The summed E-state index contributed by atoms with van der Waals surface area (Å²) in [6.45, 7) is 3.24. The summed E-state index contributed by atoms with van der Waals surface area (Å²) < 4.78 is 6.60. The number of halogens is 1. The average molecular weight is 232 g/mol. The van der Waals surface area contributed by atoms with Gasteiger partial charge in [0.25, 0.3) is 0 Å². The number of ether oxygens (including phenoxy) is 1. The van der Waals surface area contributed by atoms with Crippen LogP contribution in [0.1, 0.15) is 17.4 Å². The van der Waals surface area contributed by atoms with E-state index in [9.17, 15) is 4.79 Å². The molecule has 0 radical (unpaired) electrons. The lowest BCUT2D eigenvalue weighted by Crippen LogP contribution is -2.18. The van der Waals surface area contributed by atoms with Gasteiger partial charge in [0.15, 0.2) is 0 Å². The highest BCUT2D eigenvalue weighted by Gasteiger charge is 2.16. The van der Waals surface area contributed by atoms with E-state index in [1.807, 2.05) is 6.92 Å². The van der Waals surface area contributed by atoms with Gasteiger partial charge in [0, 0.05) is 13.1 Å². The van der Waals surface area contributed by atoms with Crippen molar-refractivity contribution in [2.75, 3.05) is 19.8 Å². The number of aryl methyl sites for hydroxylation is 1. The summed E-state index contributed by atoms with van der Waals surface area (Å²) in [6, 6.07) is 0. The fourth-order valence-corrected chi connectivity index (χ4v) is 1.44. The molecule has 5 nitrogen and oxygen atoms in total. The van der Waals surface area contributed by atoms with E-state index < -0.39 is 0 Å². The van der Waals surface area contributed by atoms with Crippen molar-refractivity contribution in [3.05, 3.63) is 16.9 Å². The third kappa shape index (κ3) is 3.02. The van der Waals surface area contributed by atoms with Crippen molar-refractivity contribution < 1.29 is 9.53 Å². The topological polar surface area (TPSA) is 70.1 Å². The van der Waals surface area contributed by atoms with Crippen LogP contribution in [-0.2, 0) is 11.3 Å². The number of nitrogens with zero attached hydrogens (tertiary/aromatic N) is 2. The van der Waals surface area contributed by atoms with E-state index in [4.69, 9.17) is 22.1 Å². The van der Waals surface area contributed by atoms with E-state index >= 15 is 0 Å². The Hall–Kier alpha value is -0.910. The van der Waals surface area contributed by atoms with Crippen LogP contribution in [0, 0.1) is 0 Å². The van der Waals surface area contributed by atoms with E-state index in [1.54, 1.807) is 4.68 Å². The van der Waals surface area contributed by atoms with Gasteiger partial charge in [0.05, 0.1) is 17.8 Å². The van der Waals surface area contributed by atoms with E-state index in [1.165, 1.54) is 6.20 Å². The molecule has 0 saturated carbocycles. The average Bonchev–Trinajstić information content (AvgIpc) is 2.59. The fraction of sp³-hybridized carbons (Fsp3) is 0.556. The molecule has 0 amide bonds. The first-order chi connectivity index (χ1) is 7.20. The Morgan fingerprint density at radius 2 is 2.47 bits per heavy atom. The number of hydrogen-bond donors (Lipinski definition) is 1. The largest absolute Gasteiger partial charge is 0.372 e. The Labute approximate surface area is 93.1 Å². The Morgan fingerprint density at radius 1 is 1.73 bits per heavy atom. The van der Waals surface area contributed by atoms with Crippen LogP contribution in [-0.4, -0.2) is 35.3 Å². The van der Waals surface area contributed by atoms with Gasteiger partial charge in [-0.2, -0.15) is 5.10 Å². The van der Waals surface area contributed by atoms with E-state index in [0.717, 1.165) is 0 Å². The molecule has 0 aromatic carbocycles. The summed E-state index contributed by atoms with van der Waals surface area (Å²) in [5.41, 5.74) is 5.64. The molecule has 6 heteroatoms. The van der Waals surface area contributed by atoms with Gasteiger partial charge in [0.2, 0.25) is 5.78 Å². The Morgan fingerprint density at radius 3 is 3.07 bits per heavy atom. The molecule has 1 heterocycles. The smallest absolute Gasteiger partial charge is 0.207 e. The Bertz CT molecular complexity index is 338. The van der Waals surface area contributed by atoms with Gasteiger partial charge in [-0.15, -0.1) is 0 Å². The van der Waals surface area contributed by atoms with Crippen molar-refractivity contribution in [3.8, 4) is 0 Å². The molecule has 0 aliphatic heterocycles. The number of rotatable bonds is 6. The molecular weight excluding hydrogens is 218 g/mol. The highest BCUT2D eigenvalue weighted by Crippen LogP contribution is 2.15. The minimum absolute atomic E-state index is 0.0113. The minimum atomic E-state index is -0.173. The van der Waals surface area contributed by atoms with Crippen LogP contribution in [0.3, 0.4) is 0 Å². The van der Waals surface area contributed by atoms with Crippen molar-refractivity contribution in [2.45, 2.75) is 13.5 Å². The minimum Gasteiger partial charge on any atom is -0.372 e. The second-order valence-electron chi connectivity index (χ2n) is 2.92. The van der Waals surface area contributed by atoms with Gasteiger partial charge >= 0.3 is 0 Å². The van der Waals surface area contributed by atoms with E-state index in [-0.39, 0.29) is 12.4 Å². The Kier molecular flexibility index (Phi) is 4.74. The van der Waals surface area contributed by atoms with Gasteiger partial charge in [-0.3, -0.25) is 9.48 Å². The molecule has 1 aromatic rings. The maximum atomic E-state index is 11.7. The summed E-state index contributed by atoms with van der Waals surface area (Å²) in [5, 5.41) is 4.33. The first-order valence-electron chi connectivity index (χ1n) is 4.73. The summed E-state index contributed by atoms with van der Waals surface area (Å²) in [4.78, 5) is 11.7. The summed E-state index contributed by atoms with van der Waals surface area (Å²) in [6.07, 6.45) is 1.46. The molecule has 1 aromatic heterocycles. The molecule has 0 spiro atoms. The summed E-state index contributed by atoms with van der Waals surface area (Å²) >= 11 is 5.85. The van der Waals surface area contributed by atoms with Gasteiger partial charge in [-0.25, -0.2) is 0 Å². The van der Waals surface area contributed by atoms with Crippen LogP contribution in [0.5, 0.6) is 0 Å². The second kappa shape index (κ2) is 5.85. The van der Waals surface area contributed by atoms with Crippen LogP contribution in [0.15, 0.2) is 6.20 Å². The first-order valence-corrected chi connectivity index (χ1v) is 5.10. The summed E-state index contributed by atoms with van der Waals surface area (Å²) in [7, 11) is 0. The zero-order valence-corrected chi connectivity index (χ0v) is 9.33. The van der Waals surface area contributed by atoms with Crippen LogP contribution in [0.2, 0.25) is 5.02 Å². The second-order valence-corrected chi connectivity index (χ2v) is 3.33. The van der Waals surface area contributed by atoms with Gasteiger partial charge in [0.1, 0.15) is 12.3 Å². The van der Waals surface area contributed by atoms with Crippen LogP contribution in [0.4, 0.5) is 0 Å². The lowest BCUT2D eigenvalue weighted by Gasteiger charge is -2.04. The molecule has 0 atom stereocenters. The number of nitrogens with two attached hydrogens (primary N) is 1. The molecule has 1 rings (SSSR count). The molecule has 15 heavy (non-hydrogen) atoms. The van der Waals surface area contributed by atoms with Crippen molar-refractivity contribution in [3.63, 3.8) is 0 Å². The SMILES string of the molecule is CCn1ncc(Cl)c1C(=O)COCCN. The lowest BCUT2D eigenvalue weighted by molar-refractivity contribution is 0.0763. The monoisotopic (exact) mass is 231 g/mol. The molecule has 0 aliphatic rings. The van der Waals surface area contributed by atoms with E-state index in [2.05, 4.69) is 5.10 Å². The first kappa shape index (κ1) is 12.2. The molecule has 0 fully saturated rings. The molecule has 0 aliphatic carbocycles. The molecule has 0 bridgehead atoms. The molecule has 84 valence electrons. The van der Waals surface area contributed by atoms with Gasteiger partial charge in [-0.05, 0) is 6.92 Å². The quantitative estimate of drug-likeness (QED) is 0.578. The van der Waals surface area contributed by atoms with Gasteiger partial charge in [-0.1, -0.05) is 11.6 Å². The van der Waals surface area contributed by atoms with Crippen molar-refractivity contribution in [1.29, 1.82) is 0 Å². The highest BCUT2D eigenvalue weighted by molar-refractivity contribution is 6.33. The fourth-order valence-electron chi connectivity index (χ4n) is 1.20. The molecule has 0 unspecified atom stereocenters. The summed E-state index contributed by atoms with van der Waals surface area (Å²) in [5.74, 6) is -0.173. The Balaban J connectivity index is 2.67. The normalized spacial score (nSPS) is 10.6. The molecule has 2 N–H and O–H groups in total. The third-order valence-electron chi connectivity index (χ3n) is 1.85.